The largest absolute Gasteiger partial charge is 0.381 e. The lowest BCUT2D eigenvalue weighted by atomic mass is 10.1. The highest BCUT2D eigenvalue weighted by Crippen LogP contribution is 2.13. The van der Waals surface area contributed by atoms with E-state index >= 15 is 0 Å². The quantitative estimate of drug-likeness (QED) is 0.576. The Bertz CT molecular complexity index is 529. The van der Waals surface area contributed by atoms with Crippen LogP contribution in [0, 0.1) is 11.7 Å². The van der Waals surface area contributed by atoms with Gasteiger partial charge in [-0.05, 0) is 38.1 Å². The van der Waals surface area contributed by atoms with Gasteiger partial charge in [0, 0.05) is 45.8 Å². The lowest BCUT2D eigenvalue weighted by Gasteiger charge is -2.25. The van der Waals surface area contributed by atoms with E-state index in [1.54, 1.807) is 0 Å². The van der Waals surface area contributed by atoms with Gasteiger partial charge in [0.1, 0.15) is 5.82 Å². The number of likely N-dealkylation sites (N-methyl/N-ethyl adjacent to an activating group) is 1. The molecular weight excluding hydrogens is 319 g/mol. The Balaban J connectivity index is 1.79. The van der Waals surface area contributed by atoms with Crippen LogP contribution in [0.2, 0.25) is 0 Å². The number of aliphatic imine (C=N–C) groups is 1. The fraction of sp³-hybridized carbons (Fsp3) is 0.632. The molecule has 1 aliphatic heterocycles. The zero-order valence-corrected chi connectivity index (χ0v) is 15.7. The number of guanidine groups is 1. The molecule has 0 amide bonds. The summed E-state index contributed by atoms with van der Waals surface area (Å²) in [4.78, 5) is 9.14. The summed E-state index contributed by atoms with van der Waals surface area (Å²) in [6.45, 7) is 8.01. The molecule has 1 unspecified atom stereocenters. The number of nitrogens with one attached hydrogen (secondary N) is 1. The van der Waals surface area contributed by atoms with E-state index < -0.39 is 0 Å². The summed E-state index contributed by atoms with van der Waals surface area (Å²) in [5.74, 6) is 1.35. The van der Waals surface area contributed by atoms with E-state index in [2.05, 4.69) is 36.1 Å². The Hall–Kier alpha value is -1.66. The van der Waals surface area contributed by atoms with Gasteiger partial charge in [0.2, 0.25) is 0 Å². The minimum atomic E-state index is -0.193. The highest BCUT2D eigenvalue weighted by atomic mass is 19.1. The van der Waals surface area contributed by atoms with Crippen LogP contribution in [0.1, 0.15) is 18.9 Å². The molecule has 1 atom stereocenters. The van der Waals surface area contributed by atoms with Crippen molar-refractivity contribution in [2.24, 2.45) is 10.9 Å². The molecule has 1 aromatic carbocycles. The van der Waals surface area contributed by atoms with Crippen LogP contribution in [0.3, 0.4) is 0 Å². The number of rotatable bonds is 8. The number of benzene rings is 1. The maximum absolute atomic E-state index is 13.0. The molecule has 1 aromatic rings. The molecule has 0 aliphatic carbocycles. The van der Waals surface area contributed by atoms with E-state index in [9.17, 15) is 4.39 Å². The van der Waals surface area contributed by atoms with Gasteiger partial charge in [0.25, 0.3) is 0 Å². The van der Waals surface area contributed by atoms with Crippen molar-refractivity contribution in [3.05, 3.63) is 35.6 Å². The van der Waals surface area contributed by atoms with Crippen molar-refractivity contribution in [3.8, 4) is 0 Å². The van der Waals surface area contributed by atoms with Crippen molar-refractivity contribution in [3.63, 3.8) is 0 Å². The predicted molar refractivity (Wildman–Crippen MR) is 100 cm³/mol. The first-order valence-electron chi connectivity index (χ1n) is 9.08. The number of nitrogens with zero attached hydrogens (tertiary/aromatic N) is 3. The number of hydrogen-bond donors (Lipinski definition) is 1. The van der Waals surface area contributed by atoms with Gasteiger partial charge in [-0.1, -0.05) is 12.1 Å². The molecule has 0 spiro atoms. The fourth-order valence-corrected chi connectivity index (χ4v) is 2.98. The van der Waals surface area contributed by atoms with Gasteiger partial charge in [-0.25, -0.2) is 4.39 Å². The van der Waals surface area contributed by atoms with E-state index in [0.717, 1.165) is 63.9 Å². The van der Waals surface area contributed by atoms with Crippen LogP contribution in [0.15, 0.2) is 29.3 Å². The average Bonchev–Trinajstić information content (AvgIpc) is 3.09. The van der Waals surface area contributed by atoms with Gasteiger partial charge in [0.05, 0.1) is 13.2 Å². The van der Waals surface area contributed by atoms with E-state index in [1.165, 1.54) is 12.1 Å². The summed E-state index contributed by atoms with van der Waals surface area (Å²) < 4.78 is 18.4. The molecule has 0 radical (unpaired) electrons. The molecule has 0 bridgehead atoms. The monoisotopic (exact) mass is 350 g/mol. The van der Waals surface area contributed by atoms with E-state index in [-0.39, 0.29) is 5.82 Å². The van der Waals surface area contributed by atoms with Gasteiger partial charge in [-0.2, -0.15) is 0 Å². The first-order valence-corrected chi connectivity index (χ1v) is 9.08. The van der Waals surface area contributed by atoms with Gasteiger partial charge in [-0.3, -0.25) is 4.99 Å². The van der Waals surface area contributed by atoms with Crippen LogP contribution < -0.4 is 5.32 Å². The molecule has 0 saturated carbocycles. The van der Waals surface area contributed by atoms with Gasteiger partial charge in [-0.15, -0.1) is 0 Å². The maximum Gasteiger partial charge on any atom is 0.193 e. The zero-order chi connectivity index (χ0) is 18.1. The first kappa shape index (κ1) is 19.7. The van der Waals surface area contributed by atoms with E-state index in [1.807, 2.05) is 12.1 Å². The predicted octanol–water partition coefficient (Wildman–Crippen LogP) is 2.19. The Morgan fingerprint density at radius 3 is 2.72 bits per heavy atom. The van der Waals surface area contributed by atoms with Crippen LogP contribution in [-0.2, 0) is 11.3 Å². The van der Waals surface area contributed by atoms with Crippen molar-refractivity contribution in [1.82, 2.24) is 15.1 Å². The second-order valence-electron chi connectivity index (χ2n) is 6.71. The summed E-state index contributed by atoms with van der Waals surface area (Å²) >= 11 is 0. The van der Waals surface area contributed by atoms with Crippen molar-refractivity contribution >= 4 is 5.96 Å². The van der Waals surface area contributed by atoms with Gasteiger partial charge in [0.15, 0.2) is 5.96 Å². The molecule has 25 heavy (non-hydrogen) atoms. The second-order valence-corrected chi connectivity index (χ2v) is 6.71. The van der Waals surface area contributed by atoms with Crippen molar-refractivity contribution in [1.29, 1.82) is 0 Å². The van der Waals surface area contributed by atoms with Gasteiger partial charge >= 0.3 is 0 Å². The van der Waals surface area contributed by atoms with E-state index in [0.29, 0.717) is 5.92 Å². The SMILES string of the molecule is CCNC(=NCCN(C)Cc1ccc(F)cc1)N(C)CC1CCOC1. The highest BCUT2D eigenvalue weighted by Gasteiger charge is 2.19. The second kappa shape index (κ2) is 10.4. The van der Waals surface area contributed by atoms with Crippen LogP contribution in [0.4, 0.5) is 4.39 Å². The third kappa shape index (κ3) is 7.00. The van der Waals surface area contributed by atoms with Crippen LogP contribution in [0.25, 0.3) is 0 Å². The molecule has 6 heteroatoms. The zero-order valence-electron chi connectivity index (χ0n) is 15.7. The van der Waals surface area contributed by atoms with Gasteiger partial charge < -0.3 is 19.9 Å². The first-order chi connectivity index (χ1) is 12.1. The van der Waals surface area contributed by atoms with Crippen LogP contribution in [0.5, 0.6) is 0 Å². The lowest BCUT2D eigenvalue weighted by Crippen LogP contribution is -2.41. The fourth-order valence-electron chi connectivity index (χ4n) is 2.98. The Morgan fingerprint density at radius 1 is 1.32 bits per heavy atom. The summed E-state index contributed by atoms with van der Waals surface area (Å²) in [6, 6.07) is 6.67. The average molecular weight is 350 g/mol. The molecule has 140 valence electrons. The maximum atomic E-state index is 13.0. The Kier molecular flexibility index (Phi) is 8.15. The number of ether oxygens (including phenoxy) is 1. The minimum absolute atomic E-state index is 0.193. The van der Waals surface area contributed by atoms with E-state index in [4.69, 9.17) is 9.73 Å². The summed E-state index contributed by atoms with van der Waals surface area (Å²) in [5, 5.41) is 3.36. The van der Waals surface area contributed by atoms with Crippen LogP contribution in [-0.4, -0.2) is 69.2 Å². The molecule has 1 fully saturated rings. The van der Waals surface area contributed by atoms with Crippen molar-refractivity contribution < 1.29 is 9.13 Å². The normalized spacial score (nSPS) is 18.0. The van der Waals surface area contributed by atoms with Crippen molar-refractivity contribution in [2.75, 3.05) is 53.5 Å². The molecule has 1 aliphatic rings. The topological polar surface area (TPSA) is 40.1 Å². The highest BCUT2D eigenvalue weighted by molar-refractivity contribution is 5.79. The molecule has 5 nitrogen and oxygen atoms in total. The number of hydrogen-bond acceptors (Lipinski definition) is 3. The molecule has 1 saturated heterocycles. The Labute approximate surface area is 150 Å². The lowest BCUT2D eigenvalue weighted by molar-refractivity contribution is 0.181. The summed E-state index contributed by atoms with van der Waals surface area (Å²) in [5.41, 5.74) is 1.11. The third-order valence-electron chi connectivity index (χ3n) is 4.36. The molecule has 2 rings (SSSR count). The molecule has 1 N–H and O–H groups in total. The Morgan fingerprint density at radius 2 is 2.08 bits per heavy atom. The summed E-state index contributed by atoms with van der Waals surface area (Å²) in [7, 11) is 4.15. The third-order valence-corrected chi connectivity index (χ3v) is 4.36. The standard InChI is InChI=1S/C19H31FN4O/c1-4-21-19(24(3)14-17-9-12-25-15-17)22-10-11-23(2)13-16-5-7-18(20)8-6-16/h5-8,17H,4,9-15H2,1-3H3,(H,21,22). The summed E-state index contributed by atoms with van der Waals surface area (Å²) in [6.07, 6.45) is 1.13. The van der Waals surface area contributed by atoms with Crippen molar-refractivity contribution in [2.45, 2.75) is 19.9 Å². The molecule has 0 aromatic heterocycles. The van der Waals surface area contributed by atoms with Crippen LogP contribution >= 0.6 is 0 Å². The number of halogens is 1. The smallest absolute Gasteiger partial charge is 0.193 e. The minimum Gasteiger partial charge on any atom is -0.381 e. The molecule has 1 heterocycles. The molecular formula is C19H31FN4O.